The van der Waals surface area contributed by atoms with Gasteiger partial charge in [0.05, 0.1) is 26.5 Å². The standard InChI is InChI=1S/C18H17Br2N3O3S/c1-27-21-9-16-22-14-4-3-11(8-15(14)23-16)26-18-12(19)6-10(7-13(18)20)2-5-17(24)25/h3-4,6-8,21H,2,5,9H2,1H3,(H,22,23)(H,24,25). The van der Waals surface area contributed by atoms with Gasteiger partial charge >= 0.3 is 5.97 Å². The molecule has 0 amide bonds. The summed E-state index contributed by atoms with van der Waals surface area (Å²) in [5, 5.41) is 8.84. The summed E-state index contributed by atoms with van der Waals surface area (Å²) in [7, 11) is 0. The lowest BCUT2D eigenvalue weighted by Crippen LogP contribution is -2.03. The van der Waals surface area contributed by atoms with Crippen LogP contribution < -0.4 is 9.46 Å². The van der Waals surface area contributed by atoms with Crippen molar-refractivity contribution in [3.8, 4) is 11.5 Å². The number of hydrogen-bond acceptors (Lipinski definition) is 5. The van der Waals surface area contributed by atoms with E-state index in [-0.39, 0.29) is 6.42 Å². The predicted octanol–water partition coefficient (Wildman–Crippen LogP) is 5.27. The molecule has 9 heteroatoms. The number of hydrogen-bond donors (Lipinski definition) is 3. The Morgan fingerprint density at radius 2 is 2.04 bits per heavy atom. The van der Waals surface area contributed by atoms with E-state index in [4.69, 9.17) is 9.84 Å². The highest BCUT2D eigenvalue weighted by molar-refractivity contribution is 9.11. The van der Waals surface area contributed by atoms with Crippen LogP contribution in [0.2, 0.25) is 0 Å². The lowest BCUT2D eigenvalue weighted by atomic mass is 10.1. The quantitative estimate of drug-likeness (QED) is 0.355. The zero-order valence-electron chi connectivity index (χ0n) is 14.4. The van der Waals surface area contributed by atoms with Gasteiger partial charge in [-0.25, -0.2) is 4.98 Å². The van der Waals surface area contributed by atoms with Crippen molar-refractivity contribution in [1.29, 1.82) is 0 Å². The van der Waals surface area contributed by atoms with Crippen LogP contribution in [0.5, 0.6) is 11.5 Å². The first kappa shape index (κ1) is 20.2. The van der Waals surface area contributed by atoms with Crippen LogP contribution in [0.3, 0.4) is 0 Å². The van der Waals surface area contributed by atoms with E-state index in [0.717, 1.165) is 31.4 Å². The number of carboxylic acids is 1. The van der Waals surface area contributed by atoms with Crippen molar-refractivity contribution in [3.63, 3.8) is 0 Å². The number of nitrogens with zero attached hydrogens (tertiary/aromatic N) is 1. The molecule has 0 saturated carbocycles. The van der Waals surface area contributed by atoms with Gasteiger partial charge in [-0.05, 0) is 74.4 Å². The number of aromatic nitrogens is 2. The number of H-pyrrole nitrogens is 1. The number of carboxylic acid groups (broad SMARTS) is 1. The Morgan fingerprint density at radius 1 is 1.30 bits per heavy atom. The fourth-order valence-electron chi connectivity index (χ4n) is 2.55. The number of halogens is 2. The van der Waals surface area contributed by atoms with Crippen molar-refractivity contribution in [3.05, 3.63) is 50.7 Å². The van der Waals surface area contributed by atoms with Crippen molar-refractivity contribution < 1.29 is 14.6 Å². The second-order valence-corrected chi connectivity index (χ2v) is 8.18. The minimum absolute atomic E-state index is 0.0866. The van der Waals surface area contributed by atoms with Crippen LogP contribution >= 0.6 is 43.8 Å². The summed E-state index contributed by atoms with van der Waals surface area (Å²) in [6.07, 6.45) is 2.51. The van der Waals surface area contributed by atoms with Gasteiger partial charge < -0.3 is 14.8 Å². The maximum Gasteiger partial charge on any atom is 0.303 e. The molecule has 6 nitrogen and oxygen atoms in total. The lowest BCUT2D eigenvalue weighted by molar-refractivity contribution is -0.136. The molecule has 0 saturated heterocycles. The molecule has 0 fully saturated rings. The Balaban J connectivity index is 1.80. The monoisotopic (exact) mass is 513 g/mol. The summed E-state index contributed by atoms with van der Waals surface area (Å²) in [6, 6.07) is 9.44. The van der Waals surface area contributed by atoms with Gasteiger partial charge in [0.1, 0.15) is 11.6 Å². The SMILES string of the molecule is CSNCc1nc2ccc(Oc3c(Br)cc(CCC(=O)O)cc3Br)cc2[nH]1. The highest BCUT2D eigenvalue weighted by Gasteiger charge is 2.12. The van der Waals surface area contributed by atoms with Gasteiger partial charge in [-0.1, -0.05) is 11.9 Å². The van der Waals surface area contributed by atoms with E-state index in [1.54, 1.807) is 11.9 Å². The number of nitrogens with one attached hydrogen (secondary N) is 2. The Labute approximate surface area is 177 Å². The molecule has 1 heterocycles. The molecule has 0 spiro atoms. The van der Waals surface area contributed by atoms with Crippen LogP contribution in [-0.4, -0.2) is 27.3 Å². The largest absolute Gasteiger partial charge is 0.481 e. The molecule has 3 N–H and O–H groups in total. The zero-order chi connectivity index (χ0) is 19.4. The summed E-state index contributed by atoms with van der Waals surface area (Å²) >= 11 is 8.57. The van der Waals surface area contributed by atoms with Crippen molar-refractivity contribution in [1.82, 2.24) is 14.7 Å². The van der Waals surface area contributed by atoms with Crippen LogP contribution in [-0.2, 0) is 17.8 Å². The van der Waals surface area contributed by atoms with Crippen molar-refractivity contribution in [2.45, 2.75) is 19.4 Å². The van der Waals surface area contributed by atoms with E-state index in [2.05, 4.69) is 46.5 Å². The zero-order valence-corrected chi connectivity index (χ0v) is 18.4. The molecule has 0 bridgehead atoms. The smallest absolute Gasteiger partial charge is 0.303 e. The average molecular weight is 515 g/mol. The van der Waals surface area contributed by atoms with E-state index in [0.29, 0.717) is 24.5 Å². The molecule has 3 aromatic rings. The fraction of sp³-hybridized carbons (Fsp3) is 0.222. The van der Waals surface area contributed by atoms with Gasteiger partial charge in [-0.3, -0.25) is 9.52 Å². The molecule has 0 unspecified atom stereocenters. The third kappa shape index (κ3) is 5.25. The summed E-state index contributed by atoms with van der Waals surface area (Å²) in [6.45, 7) is 0.654. The molecule has 0 atom stereocenters. The minimum Gasteiger partial charge on any atom is -0.481 e. The van der Waals surface area contributed by atoms with E-state index < -0.39 is 5.97 Å². The first-order valence-corrected chi connectivity index (χ1v) is 10.9. The topological polar surface area (TPSA) is 87.2 Å². The van der Waals surface area contributed by atoms with Crippen LogP contribution in [0.4, 0.5) is 0 Å². The molecule has 142 valence electrons. The molecule has 0 aliphatic heterocycles. The molecule has 0 radical (unpaired) electrons. The normalized spacial score (nSPS) is 11.1. The highest BCUT2D eigenvalue weighted by Crippen LogP contribution is 2.38. The number of ether oxygens (including phenoxy) is 1. The van der Waals surface area contributed by atoms with Crippen LogP contribution in [0.1, 0.15) is 17.8 Å². The predicted molar refractivity (Wildman–Crippen MR) is 114 cm³/mol. The maximum atomic E-state index is 10.8. The van der Waals surface area contributed by atoms with Gasteiger partial charge in [0.2, 0.25) is 0 Å². The minimum atomic E-state index is -0.817. The third-order valence-corrected chi connectivity index (χ3v) is 5.40. The average Bonchev–Trinajstić information content (AvgIpc) is 3.03. The van der Waals surface area contributed by atoms with Crippen molar-refractivity contribution >= 4 is 60.8 Å². The number of imidazole rings is 1. The maximum absolute atomic E-state index is 10.8. The fourth-order valence-corrected chi connectivity index (χ4v) is 4.28. The third-order valence-electron chi connectivity index (χ3n) is 3.79. The van der Waals surface area contributed by atoms with E-state index >= 15 is 0 Å². The molecule has 2 aromatic carbocycles. The molecule has 27 heavy (non-hydrogen) atoms. The van der Waals surface area contributed by atoms with Crippen molar-refractivity contribution in [2.24, 2.45) is 0 Å². The number of aromatic amines is 1. The Morgan fingerprint density at radius 3 is 2.70 bits per heavy atom. The second kappa shape index (κ2) is 9.09. The van der Waals surface area contributed by atoms with E-state index in [1.807, 2.05) is 36.6 Å². The molecule has 0 aliphatic carbocycles. The number of aryl methyl sites for hydroxylation is 1. The van der Waals surface area contributed by atoms with Gasteiger partial charge in [0.15, 0.2) is 5.75 Å². The summed E-state index contributed by atoms with van der Waals surface area (Å²) in [5.74, 6) is 1.36. The molecular formula is C18H17Br2N3O3S. The summed E-state index contributed by atoms with van der Waals surface area (Å²) in [5.41, 5.74) is 2.69. The molecule has 0 aliphatic rings. The second-order valence-electron chi connectivity index (χ2n) is 5.77. The van der Waals surface area contributed by atoms with Crippen LogP contribution in [0.25, 0.3) is 11.0 Å². The number of fused-ring (bicyclic) bond motifs is 1. The number of aliphatic carboxylic acids is 1. The van der Waals surface area contributed by atoms with Crippen molar-refractivity contribution in [2.75, 3.05) is 6.26 Å². The highest BCUT2D eigenvalue weighted by atomic mass is 79.9. The van der Waals surface area contributed by atoms with Crippen LogP contribution in [0.15, 0.2) is 39.3 Å². The van der Waals surface area contributed by atoms with Gasteiger partial charge in [-0.15, -0.1) is 0 Å². The molecular weight excluding hydrogens is 498 g/mol. The number of benzene rings is 2. The number of carbonyl (C=O) groups is 1. The summed E-state index contributed by atoms with van der Waals surface area (Å²) in [4.78, 5) is 18.6. The molecule has 1 aromatic heterocycles. The molecule has 3 rings (SSSR count). The lowest BCUT2D eigenvalue weighted by Gasteiger charge is -2.12. The van der Waals surface area contributed by atoms with Gasteiger partial charge in [0, 0.05) is 12.5 Å². The first-order chi connectivity index (χ1) is 13.0. The van der Waals surface area contributed by atoms with E-state index in [1.165, 1.54) is 0 Å². The Kier molecular flexibility index (Phi) is 6.80. The number of rotatable bonds is 8. The first-order valence-electron chi connectivity index (χ1n) is 8.08. The van der Waals surface area contributed by atoms with E-state index in [9.17, 15) is 4.79 Å². The Hall–Kier alpha value is -1.55. The summed E-state index contributed by atoms with van der Waals surface area (Å²) < 4.78 is 10.7. The van der Waals surface area contributed by atoms with Gasteiger partial charge in [-0.2, -0.15) is 0 Å². The Bertz CT molecular complexity index is 955. The van der Waals surface area contributed by atoms with Crippen LogP contribution in [0, 0.1) is 0 Å². The van der Waals surface area contributed by atoms with Gasteiger partial charge in [0.25, 0.3) is 0 Å².